The summed E-state index contributed by atoms with van der Waals surface area (Å²) in [6.45, 7) is 0. The lowest BCUT2D eigenvalue weighted by Crippen LogP contribution is -2.10. The van der Waals surface area contributed by atoms with Crippen LogP contribution in [0.1, 0.15) is 0 Å². The van der Waals surface area contributed by atoms with Gasteiger partial charge in [-0.15, -0.1) is 22.7 Å². The highest BCUT2D eigenvalue weighted by molar-refractivity contribution is 7.26. The first-order chi connectivity index (χ1) is 28.3. The van der Waals surface area contributed by atoms with E-state index in [1.165, 1.54) is 90.5 Å². The first-order valence-corrected chi connectivity index (χ1v) is 21.0. The van der Waals surface area contributed by atoms with Gasteiger partial charge < -0.3 is 4.90 Å². The van der Waals surface area contributed by atoms with Crippen molar-refractivity contribution in [3.63, 3.8) is 0 Å². The first-order valence-electron chi connectivity index (χ1n) is 19.3. The van der Waals surface area contributed by atoms with Crippen molar-refractivity contribution in [2.45, 2.75) is 0 Å². The molecule has 2 aromatic heterocycles. The Bertz CT molecular complexity index is 3230. The van der Waals surface area contributed by atoms with Crippen LogP contribution >= 0.6 is 22.7 Å². The van der Waals surface area contributed by atoms with E-state index in [1.54, 1.807) is 0 Å². The van der Waals surface area contributed by atoms with Crippen LogP contribution < -0.4 is 4.90 Å². The standard InChI is InChI=1S/C54H35NS2/c1-3-14-36(15-4-1)42-18-7-8-19-43(42)38-26-29-40(30-27-38)55(50-23-13-22-48-46-21-10-12-25-52(46)57-54(48)50)41-31-33-44(49(35-41)37-16-5-2-6-17-37)39-28-32-47-45-20-9-11-24-51(45)56-53(47)34-39/h1-35H. The molecule has 0 spiro atoms. The molecule has 0 bridgehead atoms. The molecule has 2 heterocycles. The van der Waals surface area contributed by atoms with Crippen molar-refractivity contribution in [3.05, 3.63) is 212 Å². The molecule has 9 aromatic carbocycles. The zero-order valence-electron chi connectivity index (χ0n) is 31.0. The van der Waals surface area contributed by atoms with Gasteiger partial charge in [-0.1, -0.05) is 164 Å². The molecule has 0 unspecified atom stereocenters. The molecule has 0 aliphatic heterocycles. The molecule has 0 amide bonds. The minimum atomic E-state index is 1.11. The molecular weight excluding hydrogens is 727 g/mol. The normalized spacial score (nSPS) is 11.5. The van der Waals surface area contributed by atoms with Gasteiger partial charge in [0.2, 0.25) is 0 Å². The maximum absolute atomic E-state index is 2.45. The van der Waals surface area contributed by atoms with Crippen molar-refractivity contribution >= 4 is 80.1 Å². The summed E-state index contributed by atoms with van der Waals surface area (Å²) in [5.41, 5.74) is 13.1. The first kappa shape index (κ1) is 33.5. The van der Waals surface area contributed by atoms with E-state index in [1.807, 2.05) is 22.7 Å². The number of benzene rings is 9. The van der Waals surface area contributed by atoms with E-state index in [0.717, 1.165) is 11.4 Å². The molecule has 1 nitrogen and oxygen atoms in total. The van der Waals surface area contributed by atoms with Gasteiger partial charge in [-0.2, -0.15) is 0 Å². The third-order valence-electron chi connectivity index (χ3n) is 11.1. The van der Waals surface area contributed by atoms with Crippen LogP contribution in [0.3, 0.4) is 0 Å². The summed E-state index contributed by atoms with van der Waals surface area (Å²) < 4.78 is 5.20. The second-order valence-corrected chi connectivity index (χ2v) is 16.6. The maximum Gasteiger partial charge on any atom is 0.0640 e. The number of hydrogen-bond donors (Lipinski definition) is 0. The fraction of sp³-hybridized carbons (Fsp3) is 0. The van der Waals surface area contributed by atoms with Gasteiger partial charge in [0.15, 0.2) is 0 Å². The second kappa shape index (κ2) is 14.1. The smallest absolute Gasteiger partial charge is 0.0640 e. The van der Waals surface area contributed by atoms with Gasteiger partial charge in [0.1, 0.15) is 0 Å². The molecule has 0 fully saturated rings. The molecule has 0 aliphatic rings. The molecule has 3 heteroatoms. The number of fused-ring (bicyclic) bond motifs is 6. The van der Waals surface area contributed by atoms with Crippen LogP contribution in [0.4, 0.5) is 17.1 Å². The molecule has 57 heavy (non-hydrogen) atoms. The molecule has 0 N–H and O–H groups in total. The second-order valence-electron chi connectivity index (χ2n) is 14.5. The Hall–Kier alpha value is -6.78. The molecule has 0 atom stereocenters. The molecule has 0 aliphatic carbocycles. The van der Waals surface area contributed by atoms with E-state index in [0.29, 0.717) is 0 Å². The minimum Gasteiger partial charge on any atom is -0.309 e. The number of rotatable bonds is 7. The van der Waals surface area contributed by atoms with E-state index in [4.69, 9.17) is 0 Å². The van der Waals surface area contributed by atoms with Crippen LogP contribution in [0.2, 0.25) is 0 Å². The average molecular weight is 762 g/mol. The highest BCUT2D eigenvalue weighted by Crippen LogP contribution is 2.47. The van der Waals surface area contributed by atoms with Crippen molar-refractivity contribution in [2.75, 3.05) is 4.90 Å². The minimum absolute atomic E-state index is 1.11. The van der Waals surface area contributed by atoms with Crippen LogP contribution in [-0.4, -0.2) is 0 Å². The Balaban J connectivity index is 1.10. The lowest BCUT2D eigenvalue weighted by molar-refractivity contribution is 1.30. The summed E-state index contributed by atoms with van der Waals surface area (Å²) in [5, 5.41) is 5.21. The molecule has 0 saturated carbocycles. The third-order valence-corrected chi connectivity index (χ3v) is 13.5. The van der Waals surface area contributed by atoms with Crippen molar-refractivity contribution < 1.29 is 0 Å². The zero-order valence-corrected chi connectivity index (χ0v) is 32.6. The van der Waals surface area contributed by atoms with Gasteiger partial charge in [0.05, 0.1) is 10.4 Å². The van der Waals surface area contributed by atoms with Crippen LogP contribution in [0, 0.1) is 0 Å². The monoisotopic (exact) mass is 761 g/mol. The van der Waals surface area contributed by atoms with E-state index in [-0.39, 0.29) is 0 Å². The number of anilines is 3. The molecule has 11 aromatic rings. The zero-order chi connectivity index (χ0) is 37.7. The Labute approximate surface area is 340 Å². The van der Waals surface area contributed by atoms with Gasteiger partial charge in [-0.3, -0.25) is 0 Å². The molecule has 268 valence electrons. The number of thiophene rings is 2. The fourth-order valence-corrected chi connectivity index (χ4v) is 10.8. The quantitative estimate of drug-likeness (QED) is 0.156. The van der Waals surface area contributed by atoms with Crippen LogP contribution in [0.25, 0.3) is 84.9 Å². The highest BCUT2D eigenvalue weighted by atomic mass is 32.1. The summed E-state index contributed by atoms with van der Waals surface area (Å²) in [6, 6.07) is 77.6. The summed E-state index contributed by atoms with van der Waals surface area (Å²) >= 11 is 3.74. The fourth-order valence-electron chi connectivity index (χ4n) is 8.40. The Morgan fingerprint density at radius 1 is 0.281 bits per heavy atom. The summed E-state index contributed by atoms with van der Waals surface area (Å²) in [6.07, 6.45) is 0. The Kier molecular flexibility index (Phi) is 8.28. The maximum atomic E-state index is 2.45. The van der Waals surface area contributed by atoms with E-state index >= 15 is 0 Å². The van der Waals surface area contributed by atoms with Crippen LogP contribution in [0.5, 0.6) is 0 Å². The lowest BCUT2D eigenvalue weighted by Gasteiger charge is -2.27. The van der Waals surface area contributed by atoms with E-state index in [9.17, 15) is 0 Å². The lowest BCUT2D eigenvalue weighted by atomic mass is 9.93. The van der Waals surface area contributed by atoms with Gasteiger partial charge in [0.25, 0.3) is 0 Å². The highest BCUT2D eigenvalue weighted by Gasteiger charge is 2.21. The van der Waals surface area contributed by atoms with E-state index < -0.39 is 0 Å². The van der Waals surface area contributed by atoms with Crippen molar-refractivity contribution in [2.24, 2.45) is 0 Å². The topological polar surface area (TPSA) is 3.24 Å². The third kappa shape index (κ3) is 5.91. The average Bonchev–Trinajstić information content (AvgIpc) is 3.86. The number of nitrogens with zero attached hydrogens (tertiary/aromatic N) is 1. The van der Waals surface area contributed by atoms with E-state index in [2.05, 4.69) is 217 Å². The molecular formula is C54H35NS2. The summed E-state index contributed by atoms with van der Waals surface area (Å²) in [7, 11) is 0. The molecule has 0 saturated heterocycles. The Morgan fingerprint density at radius 3 is 1.51 bits per heavy atom. The summed E-state index contributed by atoms with van der Waals surface area (Å²) in [4.78, 5) is 2.45. The predicted molar refractivity (Wildman–Crippen MR) is 249 cm³/mol. The van der Waals surface area contributed by atoms with Gasteiger partial charge in [0, 0.05) is 47.0 Å². The predicted octanol–water partition coefficient (Wildman–Crippen LogP) is 16.6. The molecule has 11 rings (SSSR count). The van der Waals surface area contributed by atoms with Crippen molar-refractivity contribution in [1.82, 2.24) is 0 Å². The Morgan fingerprint density at radius 2 is 0.789 bits per heavy atom. The SMILES string of the molecule is c1ccc(-c2ccccc2-c2ccc(N(c3ccc(-c4ccc5c(c4)sc4ccccc45)c(-c4ccccc4)c3)c3cccc4c3sc3ccccc34)cc2)cc1. The van der Waals surface area contributed by atoms with Gasteiger partial charge in [-0.25, -0.2) is 0 Å². The van der Waals surface area contributed by atoms with Crippen LogP contribution in [0.15, 0.2) is 212 Å². The molecule has 0 radical (unpaired) electrons. The van der Waals surface area contributed by atoms with Crippen LogP contribution in [-0.2, 0) is 0 Å². The largest absolute Gasteiger partial charge is 0.309 e. The summed E-state index contributed by atoms with van der Waals surface area (Å²) in [5.74, 6) is 0. The van der Waals surface area contributed by atoms with Crippen molar-refractivity contribution in [3.8, 4) is 44.5 Å². The van der Waals surface area contributed by atoms with Gasteiger partial charge in [-0.05, 0) is 93.0 Å². The van der Waals surface area contributed by atoms with Crippen molar-refractivity contribution in [1.29, 1.82) is 0 Å². The number of hydrogen-bond acceptors (Lipinski definition) is 3. The van der Waals surface area contributed by atoms with Gasteiger partial charge >= 0.3 is 0 Å².